The summed E-state index contributed by atoms with van der Waals surface area (Å²) in [5, 5.41) is 0. The summed E-state index contributed by atoms with van der Waals surface area (Å²) in [6.45, 7) is 3.48. The lowest BCUT2D eigenvalue weighted by molar-refractivity contribution is 0.0983. The van der Waals surface area contributed by atoms with Crippen LogP contribution in [0.5, 0.6) is 5.75 Å². The number of hydrogen-bond donors (Lipinski definition) is 0. The van der Waals surface area contributed by atoms with Gasteiger partial charge in [0.2, 0.25) is 5.95 Å². The topological polar surface area (TPSA) is 67.8 Å². The number of ether oxygens (including phenoxy) is 2. The predicted octanol–water partition coefficient (Wildman–Crippen LogP) is 2.68. The molecule has 2 aliphatic heterocycles. The summed E-state index contributed by atoms with van der Waals surface area (Å²) in [4.78, 5) is 26.4. The maximum absolute atomic E-state index is 13.3. The van der Waals surface area contributed by atoms with Crippen LogP contribution >= 0.6 is 15.9 Å². The van der Waals surface area contributed by atoms with E-state index < -0.39 is 0 Å². The lowest BCUT2D eigenvalue weighted by Gasteiger charge is -2.31. The second-order valence-electron chi connectivity index (χ2n) is 6.52. The Morgan fingerprint density at radius 1 is 1.26 bits per heavy atom. The number of nitrogens with zero attached hydrogens (tertiary/aromatic N) is 4. The molecule has 0 aliphatic carbocycles. The Kier molecular flexibility index (Phi) is 5.27. The standard InChI is InChI=1S/C19H21BrN4O3/c1-26-14-4-5-16(20)15(11-14)18(25)24-6-2-3-13-12-21-19(22-17(13)24)23-7-9-27-10-8-23/h4-5,11-12H,2-3,6-10H2,1H3. The minimum absolute atomic E-state index is 0.0895. The van der Waals surface area contributed by atoms with Crippen LogP contribution in [0.2, 0.25) is 0 Å². The van der Waals surface area contributed by atoms with E-state index in [0.29, 0.717) is 42.8 Å². The molecular weight excluding hydrogens is 412 g/mol. The summed E-state index contributed by atoms with van der Waals surface area (Å²) in [5.41, 5.74) is 1.57. The van der Waals surface area contributed by atoms with Gasteiger partial charge in [0.05, 0.1) is 25.9 Å². The Morgan fingerprint density at radius 3 is 2.85 bits per heavy atom. The molecule has 1 aromatic heterocycles. The Morgan fingerprint density at radius 2 is 2.07 bits per heavy atom. The zero-order chi connectivity index (χ0) is 18.8. The number of halogens is 1. The largest absolute Gasteiger partial charge is 0.497 e. The van der Waals surface area contributed by atoms with Crippen molar-refractivity contribution in [3.63, 3.8) is 0 Å². The molecule has 1 aromatic carbocycles. The third-order valence-corrected chi connectivity index (χ3v) is 5.55. The molecule has 3 heterocycles. The molecule has 7 nitrogen and oxygen atoms in total. The number of methoxy groups -OCH3 is 1. The predicted molar refractivity (Wildman–Crippen MR) is 106 cm³/mol. The van der Waals surface area contributed by atoms with E-state index in [4.69, 9.17) is 14.5 Å². The molecule has 0 spiro atoms. The SMILES string of the molecule is COc1ccc(Br)c(C(=O)N2CCCc3cnc(N4CCOCC4)nc32)c1. The molecule has 2 aromatic rings. The van der Waals surface area contributed by atoms with Crippen LogP contribution in [-0.4, -0.2) is 55.8 Å². The molecule has 0 unspecified atom stereocenters. The van der Waals surface area contributed by atoms with Gasteiger partial charge in [-0.2, -0.15) is 4.98 Å². The van der Waals surface area contributed by atoms with E-state index >= 15 is 0 Å². The fraction of sp³-hybridized carbons (Fsp3) is 0.421. The minimum atomic E-state index is -0.0895. The van der Waals surface area contributed by atoms with Gasteiger partial charge in [0.25, 0.3) is 5.91 Å². The molecule has 0 saturated carbocycles. The van der Waals surface area contributed by atoms with Gasteiger partial charge < -0.3 is 14.4 Å². The summed E-state index contributed by atoms with van der Waals surface area (Å²) < 4.78 is 11.4. The van der Waals surface area contributed by atoms with Gasteiger partial charge in [-0.3, -0.25) is 9.69 Å². The molecule has 8 heteroatoms. The Bertz CT molecular complexity index is 855. The highest BCUT2D eigenvalue weighted by atomic mass is 79.9. The first-order valence-electron chi connectivity index (χ1n) is 9.01. The lowest BCUT2D eigenvalue weighted by atomic mass is 10.1. The molecule has 0 bridgehead atoms. The smallest absolute Gasteiger partial charge is 0.260 e. The van der Waals surface area contributed by atoms with Crippen molar-refractivity contribution in [2.24, 2.45) is 0 Å². The van der Waals surface area contributed by atoms with Crippen molar-refractivity contribution in [3.05, 3.63) is 40.0 Å². The van der Waals surface area contributed by atoms with E-state index in [1.54, 1.807) is 18.1 Å². The number of carbonyl (C=O) groups excluding carboxylic acids is 1. The van der Waals surface area contributed by atoms with Crippen LogP contribution in [0.4, 0.5) is 11.8 Å². The fourth-order valence-electron chi connectivity index (χ4n) is 3.39. The van der Waals surface area contributed by atoms with E-state index in [1.165, 1.54) is 0 Å². The molecule has 1 saturated heterocycles. The van der Waals surface area contributed by atoms with Gasteiger partial charge in [-0.25, -0.2) is 4.98 Å². The maximum Gasteiger partial charge on any atom is 0.260 e. The van der Waals surface area contributed by atoms with Crippen LogP contribution in [0.15, 0.2) is 28.9 Å². The number of carbonyl (C=O) groups is 1. The van der Waals surface area contributed by atoms with Crippen LogP contribution in [0.25, 0.3) is 0 Å². The summed E-state index contributed by atoms with van der Waals surface area (Å²) >= 11 is 3.49. The summed E-state index contributed by atoms with van der Waals surface area (Å²) in [7, 11) is 1.59. The van der Waals surface area contributed by atoms with Crippen molar-refractivity contribution < 1.29 is 14.3 Å². The van der Waals surface area contributed by atoms with Gasteiger partial charge in [-0.05, 0) is 47.0 Å². The van der Waals surface area contributed by atoms with Crippen molar-refractivity contribution in [1.82, 2.24) is 9.97 Å². The average molecular weight is 433 g/mol. The number of morpholine rings is 1. The van der Waals surface area contributed by atoms with Crippen molar-refractivity contribution in [2.75, 3.05) is 49.8 Å². The highest BCUT2D eigenvalue weighted by Crippen LogP contribution is 2.31. The third kappa shape index (κ3) is 3.64. The van der Waals surface area contributed by atoms with E-state index in [2.05, 4.69) is 25.8 Å². The van der Waals surface area contributed by atoms with Gasteiger partial charge >= 0.3 is 0 Å². The molecule has 1 fully saturated rings. The first-order valence-corrected chi connectivity index (χ1v) is 9.80. The van der Waals surface area contributed by atoms with Gasteiger partial charge in [-0.1, -0.05) is 0 Å². The number of hydrogen-bond acceptors (Lipinski definition) is 6. The van der Waals surface area contributed by atoms with Gasteiger partial charge in [0.1, 0.15) is 11.6 Å². The van der Waals surface area contributed by atoms with Crippen LogP contribution in [0.3, 0.4) is 0 Å². The fourth-order valence-corrected chi connectivity index (χ4v) is 3.80. The average Bonchev–Trinajstić information content (AvgIpc) is 2.73. The number of amides is 1. The van der Waals surface area contributed by atoms with Crippen molar-refractivity contribution in [2.45, 2.75) is 12.8 Å². The molecule has 142 valence electrons. The summed E-state index contributed by atoms with van der Waals surface area (Å²) in [6, 6.07) is 5.41. The molecular formula is C19H21BrN4O3. The second kappa shape index (κ2) is 7.82. The number of rotatable bonds is 3. The first-order chi connectivity index (χ1) is 13.2. The summed E-state index contributed by atoms with van der Waals surface area (Å²) in [5.74, 6) is 1.92. The Balaban J connectivity index is 1.68. The van der Waals surface area contributed by atoms with Gasteiger partial charge in [-0.15, -0.1) is 0 Å². The molecule has 0 atom stereocenters. The second-order valence-corrected chi connectivity index (χ2v) is 7.38. The van der Waals surface area contributed by atoms with Crippen LogP contribution < -0.4 is 14.5 Å². The summed E-state index contributed by atoms with van der Waals surface area (Å²) in [6.07, 6.45) is 3.62. The zero-order valence-corrected chi connectivity index (χ0v) is 16.7. The van der Waals surface area contributed by atoms with E-state index in [9.17, 15) is 4.79 Å². The van der Waals surface area contributed by atoms with Crippen molar-refractivity contribution in [1.29, 1.82) is 0 Å². The van der Waals surface area contributed by atoms with Crippen LogP contribution in [-0.2, 0) is 11.2 Å². The molecule has 4 rings (SSSR count). The minimum Gasteiger partial charge on any atom is -0.497 e. The van der Waals surface area contributed by atoms with Crippen LogP contribution in [0, 0.1) is 0 Å². The van der Waals surface area contributed by atoms with Crippen LogP contribution in [0.1, 0.15) is 22.3 Å². The highest BCUT2D eigenvalue weighted by molar-refractivity contribution is 9.10. The van der Waals surface area contributed by atoms with Crippen molar-refractivity contribution in [3.8, 4) is 5.75 Å². The molecule has 27 heavy (non-hydrogen) atoms. The highest BCUT2D eigenvalue weighted by Gasteiger charge is 2.28. The monoisotopic (exact) mass is 432 g/mol. The first kappa shape index (κ1) is 18.2. The van der Waals surface area contributed by atoms with E-state index in [-0.39, 0.29) is 5.91 Å². The molecule has 0 N–H and O–H groups in total. The number of fused-ring (bicyclic) bond motifs is 1. The molecule has 0 radical (unpaired) electrons. The maximum atomic E-state index is 13.3. The third-order valence-electron chi connectivity index (χ3n) is 4.86. The Hall–Kier alpha value is -2.19. The molecule has 2 aliphatic rings. The number of benzene rings is 1. The van der Waals surface area contributed by atoms with Gasteiger partial charge in [0, 0.05) is 35.9 Å². The van der Waals surface area contributed by atoms with E-state index in [1.807, 2.05) is 18.3 Å². The number of aromatic nitrogens is 2. The number of aryl methyl sites for hydroxylation is 1. The lowest BCUT2D eigenvalue weighted by Crippen LogP contribution is -2.39. The Labute approximate surface area is 166 Å². The van der Waals surface area contributed by atoms with Crippen molar-refractivity contribution >= 4 is 33.6 Å². The quantitative estimate of drug-likeness (QED) is 0.742. The zero-order valence-electron chi connectivity index (χ0n) is 15.2. The van der Waals surface area contributed by atoms with E-state index in [0.717, 1.165) is 36.0 Å². The van der Waals surface area contributed by atoms with Gasteiger partial charge in [0.15, 0.2) is 0 Å². The number of anilines is 2. The normalized spacial score (nSPS) is 16.8. The molecule has 1 amide bonds.